The molecule has 7 heteroatoms. The van der Waals surface area contributed by atoms with E-state index in [1.165, 1.54) is 7.11 Å². The highest BCUT2D eigenvalue weighted by molar-refractivity contribution is 5.95. The largest absolute Gasteiger partial charge is 0.469 e. The Morgan fingerprint density at radius 2 is 1.87 bits per heavy atom. The van der Waals surface area contributed by atoms with Crippen molar-refractivity contribution in [3.8, 4) is 0 Å². The van der Waals surface area contributed by atoms with Gasteiger partial charge in [0.05, 0.1) is 24.3 Å². The van der Waals surface area contributed by atoms with Crippen LogP contribution in [0.15, 0.2) is 42.4 Å². The lowest BCUT2D eigenvalue weighted by Crippen LogP contribution is -2.45. The molecule has 30 heavy (non-hydrogen) atoms. The maximum atomic E-state index is 12.1. The van der Waals surface area contributed by atoms with E-state index in [-0.39, 0.29) is 23.8 Å². The number of anilines is 1. The first-order chi connectivity index (χ1) is 14.3. The van der Waals surface area contributed by atoms with Crippen LogP contribution in [0.25, 0.3) is 16.3 Å². The molecular formula is C23H26N4O3. The number of methoxy groups -OCH3 is 1. The summed E-state index contributed by atoms with van der Waals surface area (Å²) in [6, 6.07) is 3.65. The average Bonchev–Trinajstić information content (AvgIpc) is 3.58. The van der Waals surface area contributed by atoms with Gasteiger partial charge in [-0.05, 0) is 51.3 Å². The first-order valence-corrected chi connectivity index (χ1v) is 10.1. The van der Waals surface area contributed by atoms with Crippen LogP contribution in [0.2, 0.25) is 0 Å². The van der Waals surface area contributed by atoms with Crippen molar-refractivity contribution in [2.75, 3.05) is 12.4 Å². The van der Waals surface area contributed by atoms with Gasteiger partial charge in [-0.25, -0.2) is 4.98 Å². The lowest BCUT2D eigenvalue weighted by Gasteiger charge is -2.33. The first kappa shape index (κ1) is 20.1. The van der Waals surface area contributed by atoms with E-state index in [9.17, 15) is 9.59 Å². The van der Waals surface area contributed by atoms with E-state index in [2.05, 4.69) is 20.6 Å². The molecule has 0 spiro atoms. The van der Waals surface area contributed by atoms with Crippen LogP contribution in [0.1, 0.15) is 39.3 Å². The van der Waals surface area contributed by atoms with E-state index in [1.54, 1.807) is 12.4 Å². The third-order valence-electron chi connectivity index (χ3n) is 5.82. The molecule has 2 aliphatic rings. The van der Waals surface area contributed by atoms with Gasteiger partial charge in [-0.3, -0.25) is 14.6 Å². The minimum absolute atomic E-state index is 0.0371. The summed E-state index contributed by atoms with van der Waals surface area (Å²) < 4.78 is 4.94. The number of dihydropyridines is 1. The van der Waals surface area contributed by atoms with E-state index in [0.29, 0.717) is 5.82 Å². The van der Waals surface area contributed by atoms with E-state index in [1.807, 2.05) is 45.2 Å². The van der Waals surface area contributed by atoms with Crippen molar-refractivity contribution in [2.45, 2.75) is 39.7 Å². The lowest BCUT2D eigenvalue weighted by atomic mass is 9.81. The highest BCUT2D eigenvalue weighted by Crippen LogP contribution is 2.33. The number of rotatable bonds is 5. The van der Waals surface area contributed by atoms with Crippen LogP contribution in [0.3, 0.4) is 0 Å². The summed E-state index contributed by atoms with van der Waals surface area (Å²) in [5.74, 6) is 0.461. The minimum atomic E-state index is -0.694. The molecule has 0 radical (unpaired) electrons. The number of ether oxygens (including phenoxy) is 1. The Kier molecular flexibility index (Phi) is 5.05. The van der Waals surface area contributed by atoms with Gasteiger partial charge in [0.1, 0.15) is 5.82 Å². The summed E-state index contributed by atoms with van der Waals surface area (Å²) in [6.07, 6.45) is 9.39. The van der Waals surface area contributed by atoms with Crippen LogP contribution in [0, 0.1) is 11.3 Å². The van der Waals surface area contributed by atoms with E-state index >= 15 is 0 Å². The smallest absolute Gasteiger partial charge is 0.313 e. The Bertz CT molecular complexity index is 1080. The van der Waals surface area contributed by atoms with Gasteiger partial charge in [0.2, 0.25) is 5.91 Å². The van der Waals surface area contributed by atoms with Crippen molar-refractivity contribution in [1.29, 1.82) is 0 Å². The molecule has 1 saturated carbocycles. The summed E-state index contributed by atoms with van der Waals surface area (Å²) in [6.45, 7) is 5.73. The average molecular weight is 406 g/mol. The van der Waals surface area contributed by atoms with Crippen molar-refractivity contribution in [3.05, 3.63) is 48.1 Å². The predicted octanol–water partition coefficient (Wildman–Crippen LogP) is 3.44. The summed E-state index contributed by atoms with van der Waals surface area (Å²) in [5, 5.41) is 8.03. The first-order valence-electron chi connectivity index (χ1n) is 10.1. The van der Waals surface area contributed by atoms with E-state index in [0.717, 1.165) is 40.5 Å². The number of carbonyl (C=O) groups is 2. The molecule has 1 fully saturated rings. The quantitative estimate of drug-likeness (QED) is 0.739. The monoisotopic (exact) mass is 406 g/mol. The second-order valence-electron chi connectivity index (χ2n) is 8.52. The number of allylic oxidation sites excluding steroid dienone is 2. The van der Waals surface area contributed by atoms with Crippen LogP contribution in [0.4, 0.5) is 5.82 Å². The Labute approximate surface area is 175 Å². The molecule has 2 N–H and O–H groups in total. The molecule has 1 aliphatic heterocycles. The Morgan fingerprint density at radius 3 is 2.53 bits per heavy atom. The summed E-state index contributed by atoms with van der Waals surface area (Å²) in [4.78, 5) is 33.0. The Balaban J connectivity index is 1.55. The topological polar surface area (TPSA) is 93.2 Å². The van der Waals surface area contributed by atoms with Gasteiger partial charge in [-0.15, -0.1) is 0 Å². The van der Waals surface area contributed by atoms with Gasteiger partial charge >= 0.3 is 5.97 Å². The van der Waals surface area contributed by atoms with Gasteiger partial charge < -0.3 is 15.4 Å². The molecule has 4 rings (SSSR count). The molecule has 0 bridgehead atoms. The molecule has 2 aromatic rings. The van der Waals surface area contributed by atoms with Crippen LogP contribution in [-0.2, 0) is 14.3 Å². The molecule has 1 atom stereocenters. The fourth-order valence-electron chi connectivity index (χ4n) is 3.58. The molecule has 1 amide bonds. The number of carbonyl (C=O) groups excluding carboxylic acids is 2. The number of nitrogens with zero attached hydrogens (tertiary/aromatic N) is 2. The number of hydrogen-bond donors (Lipinski definition) is 2. The van der Waals surface area contributed by atoms with Crippen LogP contribution in [-0.4, -0.2) is 35.0 Å². The number of fused-ring (bicyclic) bond motifs is 1. The van der Waals surface area contributed by atoms with Crippen molar-refractivity contribution in [2.24, 2.45) is 11.3 Å². The normalized spacial score (nSPS) is 18.9. The second kappa shape index (κ2) is 7.55. The molecule has 1 aliphatic carbocycles. The molecule has 7 nitrogen and oxygen atoms in total. The Hall–Kier alpha value is -3.22. The van der Waals surface area contributed by atoms with Gasteiger partial charge in [0.25, 0.3) is 0 Å². The number of amides is 1. The van der Waals surface area contributed by atoms with Gasteiger partial charge in [0.15, 0.2) is 0 Å². The summed E-state index contributed by atoms with van der Waals surface area (Å²) in [5.41, 5.74) is 2.11. The number of aromatic nitrogens is 2. The molecule has 0 saturated heterocycles. The second-order valence-corrected chi connectivity index (χ2v) is 8.52. The standard InChI is InChI=1S/C23H26N4O3/c1-13-7-19(23(2,3)22(29)30-4)25-12-17(13)18-8-15-11-26-20(9-16(15)10-24-18)27-21(28)14-5-6-14/h7-12,14,19,25H,5-6H2,1-4H3,(H,26,27,28). The lowest BCUT2D eigenvalue weighted by molar-refractivity contribution is -0.151. The molecule has 1 unspecified atom stereocenters. The predicted molar refractivity (Wildman–Crippen MR) is 115 cm³/mol. The van der Waals surface area contributed by atoms with Gasteiger partial charge in [0, 0.05) is 40.9 Å². The molecule has 0 aromatic carbocycles. The highest BCUT2D eigenvalue weighted by Gasteiger charge is 2.37. The molecule has 2 aromatic heterocycles. The summed E-state index contributed by atoms with van der Waals surface area (Å²) >= 11 is 0. The van der Waals surface area contributed by atoms with Crippen molar-refractivity contribution < 1.29 is 14.3 Å². The van der Waals surface area contributed by atoms with E-state index in [4.69, 9.17) is 4.74 Å². The van der Waals surface area contributed by atoms with Crippen molar-refractivity contribution in [3.63, 3.8) is 0 Å². The summed E-state index contributed by atoms with van der Waals surface area (Å²) in [7, 11) is 1.40. The maximum absolute atomic E-state index is 12.1. The number of pyridine rings is 2. The number of esters is 1. The zero-order chi connectivity index (χ0) is 21.5. The molecule has 156 valence electrons. The van der Waals surface area contributed by atoms with Gasteiger partial charge in [-0.1, -0.05) is 6.08 Å². The molecular weight excluding hydrogens is 380 g/mol. The Morgan fingerprint density at radius 1 is 1.17 bits per heavy atom. The SMILES string of the molecule is COC(=O)C(C)(C)C1C=C(C)C(c2cc3cnc(NC(=O)C4CC4)cc3cn2)=CN1. The minimum Gasteiger partial charge on any atom is -0.469 e. The fraction of sp³-hybridized carbons (Fsp3) is 0.391. The van der Waals surface area contributed by atoms with Crippen LogP contribution in [0.5, 0.6) is 0 Å². The molecule has 3 heterocycles. The third-order valence-corrected chi connectivity index (χ3v) is 5.82. The fourth-order valence-corrected chi connectivity index (χ4v) is 3.58. The van der Waals surface area contributed by atoms with Gasteiger partial charge in [-0.2, -0.15) is 0 Å². The highest BCUT2D eigenvalue weighted by atomic mass is 16.5. The van der Waals surface area contributed by atoms with Crippen molar-refractivity contribution >= 4 is 34.0 Å². The van der Waals surface area contributed by atoms with Crippen LogP contribution >= 0.6 is 0 Å². The van der Waals surface area contributed by atoms with Crippen LogP contribution < -0.4 is 10.6 Å². The zero-order valence-corrected chi connectivity index (χ0v) is 17.7. The number of hydrogen-bond acceptors (Lipinski definition) is 6. The maximum Gasteiger partial charge on any atom is 0.313 e. The van der Waals surface area contributed by atoms with E-state index < -0.39 is 5.41 Å². The van der Waals surface area contributed by atoms with Crippen molar-refractivity contribution in [1.82, 2.24) is 15.3 Å². The zero-order valence-electron chi connectivity index (χ0n) is 17.7. The number of nitrogens with one attached hydrogen (secondary N) is 2. The third kappa shape index (κ3) is 3.79.